The highest BCUT2D eigenvalue weighted by Gasteiger charge is 2.72. The predicted molar refractivity (Wildman–Crippen MR) is 139 cm³/mol. The molecule has 7 rings (SSSR count). The van der Waals surface area contributed by atoms with Crippen molar-refractivity contribution in [3.05, 3.63) is 99.6 Å². The first-order chi connectivity index (χ1) is 17.2. The molecule has 1 fully saturated rings. The van der Waals surface area contributed by atoms with Crippen LogP contribution in [0.2, 0.25) is 5.02 Å². The summed E-state index contributed by atoms with van der Waals surface area (Å²) in [6.45, 7) is 1.80. The fourth-order valence-electron chi connectivity index (χ4n) is 6.05. The van der Waals surface area contributed by atoms with Gasteiger partial charge in [-0.25, -0.2) is 0 Å². The predicted octanol–water partition coefficient (Wildman–Crippen LogP) is 5.57. The molecule has 1 saturated heterocycles. The minimum Gasteiger partial charge on any atom is -0.326 e. The van der Waals surface area contributed by atoms with Gasteiger partial charge in [-0.2, -0.15) is 0 Å². The van der Waals surface area contributed by atoms with E-state index in [0.29, 0.717) is 10.7 Å². The van der Waals surface area contributed by atoms with Crippen LogP contribution in [0.25, 0.3) is 0 Å². The van der Waals surface area contributed by atoms with Gasteiger partial charge < -0.3 is 5.32 Å². The lowest BCUT2D eigenvalue weighted by Crippen LogP contribution is -2.57. The Kier molecular flexibility index (Phi) is 5.28. The minimum absolute atomic E-state index is 0.0626. The monoisotopic (exact) mass is 538 g/mol. The van der Waals surface area contributed by atoms with Gasteiger partial charge in [0, 0.05) is 23.7 Å². The number of nitrogens with zero attached hydrogens (tertiary/aromatic N) is 1. The van der Waals surface area contributed by atoms with E-state index in [1.807, 2.05) is 55.5 Å². The number of hydrogen-bond acceptors (Lipinski definition) is 3. The number of amides is 3. The number of carbonyl (C=O) groups excluding carboxylic acids is 3. The van der Waals surface area contributed by atoms with Crippen molar-refractivity contribution in [2.75, 3.05) is 11.9 Å². The van der Waals surface area contributed by atoms with Crippen LogP contribution in [0, 0.1) is 18.8 Å². The summed E-state index contributed by atoms with van der Waals surface area (Å²) in [6, 6.07) is 20.2. The van der Waals surface area contributed by atoms with Crippen LogP contribution in [0.4, 0.5) is 5.69 Å². The van der Waals surface area contributed by atoms with Crippen LogP contribution in [-0.4, -0.2) is 29.2 Å². The molecule has 4 aliphatic rings. The summed E-state index contributed by atoms with van der Waals surface area (Å²) < 4.78 is 0. The third kappa shape index (κ3) is 3.00. The fourth-order valence-corrected chi connectivity index (χ4v) is 7.33. The number of likely N-dealkylation sites (tertiary alicyclic amines) is 1. The van der Waals surface area contributed by atoms with E-state index in [-0.39, 0.29) is 18.9 Å². The smallest absolute Gasteiger partial charge is 0.235 e. The molecule has 3 amide bonds. The molecule has 36 heavy (non-hydrogen) atoms. The Hall–Kier alpha value is -2.86. The van der Waals surface area contributed by atoms with E-state index in [2.05, 4.69) is 5.32 Å². The molecule has 0 unspecified atom stereocenters. The molecule has 5 nitrogen and oxygen atoms in total. The number of benzene rings is 3. The molecule has 1 aliphatic heterocycles. The van der Waals surface area contributed by atoms with Crippen LogP contribution < -0.4 is 5.32 Å². The Balaban J connectivity index is 1.33. The zero-order valence-electron chi connectivity index (χ0n) is 19.2. The molecule has 182 valence electrons. The summed E-state index contributed by atoms with van der Waals surface area (Å²) in [5, 5.41) is 3.31. The lowest BCUT2D eigenvalue weighted by Gasteiger charge is -2.54. The zero-order chi connectivity index (χ0) is 25.4. The number of anilines is 1. The molecular formula is C28H21Cl3N2O3. The summed E-state index contributed by atoms with van der Waals surface area (Å²) in [6.07, 6.45) is -0.0626. The van der Waals surface area contributed by atoms with Crippen LogP contribution in [0.15, 0.2) is 66.7 Å². The van der Waals surface area contributed by atoms with E-state index in [1.54, 1.807) is 18.2 Å². The van der Waals surface area contributed by atoms with Gasteiger partial charge in [0.25, 0.3) is 0 Å². The normalized spacial score (nSPS) is 27.5. The van der Waals surface area contributed by atoms with Crippen molar-refractivity contribution in [3.63, 3.8) is 0 Å². The van der Waals surface area contributed by atoms with Gasteiger partial charge in [-0.15, -0.1) is 23.2 Å². The van der Waals surface area contributed by atoms with Crippen LogP contribution in [0.1, 0.15) is 34.2 Å². The van der Waals surface area contributed by atoms with Crippen LogP contribution >= 0.6 is 34.8 Å². The van der Waals surface area contributed by atoms with Crippen molar-refractivity contribution in [1.29, 1.82) is 0 Å². The average Bonchev–Trinajstić information content (AvgIpc) is 3.14. The second kappa shape index (κ2) is 8.07. The zero-order valence-corrected chi connectivity index (χ0v) is 21.5. The number of alkyl halides is 2. The first kappa shape index (κ1) is 23.5. The second-order valence-electron chi connectivity index (χ2n) is 9.56. The van der Waals surface area contributed by atoms with Crippen molar-refractivity contribution < 1.29 is 14.4 Å². The maximum Gasteiger partial charge on any atom is 0.235 e. The highest BCUT2D eigenvalue weighted by atomic mass is 35.5. The highest BCUT2D eigenvalue weighted by Crippen LogP contribution is 2.69. The molecule has 3 aromatic rings. The van der Waals surface area contributed by atoms with Gasteiger partial charge in [0.05, 0.1) is 11.8 Å². The summed E-state index contributed by atoms with van der Waals surface area (Å²) in [7, 11) is 0. The second-order valence-corrected chi connectivity index (χ2v) is 11.2. The number of rotatable bonds is 4. The fraction of sp³-hybridized carbons (Fsp3) is 0.250. The van der Waals surface area contributed by atoms with E-state index >= 15 is 0 Å². The average molecular weight is 540 g/mol. The Morgan fingerprint density at radius 1 is 0.861 bits per heavy atom. The van der Waals surface area contributed by atoms with Crippen molar-refractivity contribution in [2.24, 2.45) is 11.8 Å². The van der Waals surface area contributed by atoms with Crippen LogP contribution in [0.5, 0.6) is 0 Å². The standard InChI is InChI=1S/C28H21Cl3N2O3/c1-15-10-11-16(14-21(15)29)32-22(34)12-13-33-25(35)23-24(26(33)36)28(31)18-7-3-2-6-17(18)27(23,30)19-8-4-5-9-20(19)28/h2-11,14,23-24H,12-13H2,1H3,(H,32,34)/t23-,24-,27?,28?/m1/s1. The molecular weight excluding hydrogens is 519 g/mol. The molecule has 8 heteroatoms. The Morgan fingerprint density at radius 3 is 1.78 bits per heavy atom. The number of halogens is 3. The molecule has 0 spiro atoms. The Labute approximate surface area is 223 Å². The number of hydrogen-bond donors (Lipinski definition) is 1. The molecule has 1 heterocycles. The number of imide groups is 1. The molecule has 3 aliphatic carbocycles. The lowest BCUT2D eigenvalue weighted by molar-refractivity contribution is -0.140. The first-order valence-corrected chi connectivity index (χ1v) is 12.8. The molecule has 3 aromatic carbocycles. The van der Waals surface area contributed by atoms with E-state index in [9.17, 15) is 14.4 Å². The van der Waals surface area contributed by atoms with Gasteiger partial charge in [-0.05, 0) is 46.9 Å². The van der Waals surface area contributed by atoms with Gasteiger partial charge in [0.15, 0.2) is 0 Å². The SMILES string of the molecule is Cc1ccc(NC(=O)CCN2C(=O)[C@H]3[C@H](C2=O)C2(Cl)c4ccccc4C3(Cl)c3ccccc32)cc1Cl. The highest BCUT2D eigenvalue weighted by molar-refractivity contribution is 6.36. The van der Waals surface area contributed by atoms with E-state index < -0.39 is 33.4 Å². The number of aryl methyl sites for hydroxylation is 1. The molecule has 2 bridgehead atoms. The van der Waals surface area contributed by atoms with Gasteiger partial charge in [-0.3, -0.25) is 19.3 Å². The third-order valence-electron chi connectivity index (χ3n) is 7.69. The van der Waals surface area contributed by atoms with Crippen molar-refractivity contribution in [2.45, 2.75) is 23.1 Å². The van der Waals surface area contributed by atoms with E-state index in [1.165, 1.54) is 0 Å². The van der Waals surface area contributed by atoms with Gasteiger partial charge in [0.2, 0.25) is 17.7 Å². The Morgan fingerprint density at radius 2 is 1.33 bits per heavy atom. The number of carbonyl (C=O) groups is 3. The maximum atomic E-state index is 13.8. The van der Waals surface area contributed by atoms with Gasteiger partial charge >= 0.3 is 0 Å². The van der Waals surface area contributed by atoms with Gasteiger partial charge in [0.1, 0.15) is 9.75 Å². The van der Waals surface area contributed by atoms with Crippen LogP contribution in [-0.2, 0) is 24.1 Å². The topological polar surface area (TPSA) is 66.5 Å². The van der Waals surface area contributed by atoms with E-state index in [0.717, 1.165) is 32.7 Å². The van der Waals surface area contributed by atoms with Gasteiger partial charge in [-0.1, -0.05) is 66.2 Å². The van der Waals surface area contributed by atoms with Crippen molar-refractivity contribution >= 4 is 58.2 Å². The van der Waals surface area contributed by atoms with Crippen molar-refractivity contribution in [1.82, 2.24) is 4.90 Å². The Bertz CT molecular complexity index is 1350. The van der Waals surface area contributed by atoms with E-state index in [4.69, 9.17) is 34.8 Å². The maximum absolute atomic E-state index is 13.8. The largest absolute Gasteiger partial charge is 0.326 e. The molecule has 2 atom stereocenters. The summed E-state index contributed by atoms with van der Waals surface area (Å²) >= 11 is 20.9. The molecule has 0 saturated carbocycles. The third-order valence-corrected chi connectivity index (χ3v) is 9.39. The molecule has 0 radical (unpaired) electrons. The number of nitrogens with one attached hydrogen (secondary N) is 1. The molecule has 0 aromatic heterocycles. The van der Waals surface area contributed by atoms with Crippen molar-refractivity contribution in [3.8, 4) is 0 Å². The van der Waals surface area contributed by atoms with Crippen LogP contribution in [0.3, 0.4) is 0 Å². The lowest BCUT2D eigenvalue weighted by atomic mass is 9.54. The first-order valence-electron chi connectivity index (χ1n) is 11.7. The minimum atomic E-state index is -1.23. The quantitative estimate of drug-likeness (QED) is 0.348. The summed E-state index contributed by atoms with van der Waals surface area (Å²) in [4.78, 5) is 38.9. The summed E-state index contributed by atoms with van der Waals surface area (Å²) in [5.41, 5.74) is 4.44. The molecule has 1 N–H and O–H groups in total. The summed E-state index contributed by atoms with van der Waals surface area (Å²) in [5.74, 6) is -2.87.